The fourth-order valence-electron chi connectivity index (χ4n) is 1.83. The number of amides is 1. The summed E-state index contributed by atoms with van der Waals surface area (Å²) in [5.41, 5.74) is -0.549. The average Bonchev–Trinajstić information content (AvgIpc) is 2.85. The Bertz CT molecular complexity index is 444. The van der Waals surface area contributed by atoms with Crippen molar-refractivity contribution in [2.45, 2.75) is 63.1 Å². The summed E-state index contributed by atoms with van der Waals surface area (Å²) in [6.07, 6.45) is 1.29. The van der Waals surface area contributed by atoms with Gasteiger partial charge in [0.15, 0.2) is 0 Å². The summed E-state index contributed by atoms with van der Waals surface area (Å²) in [5.74, 6) is 0.847. The highest BCUT2D eigenvalue weighted by molar-refractivity contribution is 8.01. The summed E-state index contributed by atoms with van der Waals surface area (Å²) in [5, 5.41) is 15.1. The molecule has 0 saturated heterocycles. The van der Waals surface area contributed by atoms with Crippen molar-refractivity contribution < 1.29 is 14.6 Å². The number of aromatic nitrogens is 1. The summed E-state index contributed by atoms with van der Waals surface area (Å²) in [4.78, 5) is 16.1. The van der Waals surface area contributed by atoms with Crippen LogP contribution in [0.1, 0.15) is 41.0 Å². The highest BCUT2D eigenvalue weighted by Crippen LogP contribution is 2.23. The van der Waals surface area contributed by atoms with Gasteiger partial charge >= 0.3 is 6.09 Å². The first kappa shape index (κ1) is 19.3. The Balaban J connectivity index is 2.56. The maximum absolute atomic E-state index is 11.9. The Morgan fingerprint density at radius 3 is 2.68 bits per heavy atom. The molecule has 1 amide bonds. The molecule has 2 N–H and O–H groups in total. The molecule has 2 atom stereocenters. The van der Waals surface area contributed by atoms with E-state index in [4.69, 9.17) is 4.74 Å². The predicted molar refractivity (Wildman–Crippen MR) is 91.5 cm³/mol. The largest absolute Gasteiger partial charge is 0.444 e. The van der Waals surface area contributed by atoms with E-state index in [0.717, 1.165) is 4.34 Å². The quantitative estimate of drug-likeness (QED) is 0.739. The molecule has 0 saturated carbocycles. The number of carbonyl (C=O) groups is 1. The number of thioether (sulfide) groups is 1. The molecule has 1 aromatic rings. The Morgan fingerprint density at radius 2 is 2.18 bits per heavy atom. The van der Waals surface area contributed by atoms with Crippen LogP contribution in [0.2, 0.25) is 0 Å². The van der Waals surface area contributed by atoms with E-state index in [-0.39, 0.29) is 6.04 Å². The number of aliphatic hydroxyl groups excluding tert-OH is 1. The van der Waals surface area contributed by atoms with Crippen LogP contribution in [0.5, 0.6) is 0 Å². The Hall–Kier alpha value is -0.790. The second-order valence-corrected chi connectivity index (χ2v) is 8.72. The third-order valence-corrected chi connectivity index (χ3v) is 4.75. The lowest BCUT2D eigenvalue weighted by molar-refractivity contribution is 0.0426. The molecular weight excluding hydrogens is 320 g/mol. The summed E-state index contributed by atoms with van der Waals surface area (Å²) < 4.78 is 6.19. The number of hydrogen-bond acceptors (Lipinski definition) is 6. The summed E-state index contributed by atoms with van der Waals surface area (Å²) >= 11 is 3.04. The van der Waals surface area contributed by atoms with E-state index in [1.807, 2.05) is 26.2 Å². The van der Waals surface area contributed by atoms with Crippen LogP contribution in [0, 0.1) is 5.92 Å². The minimum absolute atomic E-state index is 0.331. The third kappa shape index (κ3) is 8.00. The molecule has 0 aliphatic rings. The Labute approximate surface area is 140 Å². The average molecular weight is 347 g/mol. The minimum atomic E-state index is -0.649. The van der Waals surface area contributed by atoms with Crippen LogP contribution >= 0.6 is 23.1 Å². The Morgan fingerprint density at radius 1 is 1.50 bits per heavy atom. The second-order valence-electron chi connectivity index (χ2n) is 6.56. The predicted octanol–water partition coefficient (Wildman–Crippen LogP) is 3.54. The highest BCUT2D eigenvalue weighted by atomic mass is 32.2. The van der Waals surface area contributed by atoms with Crippen LogP contribution in [0.25, 0.3) is 0 Å². The van der Waals surface area contributed by atoms with Crippen LogP contribution in [0.4, 0.5) is 4.79 Å². The number of ether oxygens (including phenoxy) is 1. The van der Waals surface area contributed by atoms with Gasteiger partial charge in [-0.1, -0.05) is 25.6 Å². The van der Waals surface area contributed by atoms with Crippen LogP contribution < -0.4 is 5.32 Å². The molecule has 7 heteroatoms. The molecule has 1 heterocycles. The maximum atomic E-state index is 11.9. The molecule has 0 radical (unpaired) electrons. The van der Waals surface area contributed by atoms with Gasteiger partial charge in [0.1, 0.15) is 9.94 Å². The molecule has 1 aromatic heterocycles. The lowest BCUT2D eigenvalue weighted by atomic mass is 10.0. The number of thiazole rings is 1. The van der Waals surface area contributed by atoms with Crippen molar-refractivity contribution in [3.63, 3.8) is 0 Å². The monoisotopic (exact) mass is 346 g/mol. The van der Waals surface area contributed by atoms with Crippen molar-refractivity contribution in [3.05, 3.63) is 11.6 Å². The molecular formula is C15H26N2O3S2. The topological polar surface area (TPSA) is 71.5 Å². The van der Waals surface area contributed by atoms with Gasteiger partial charge in [-0.05, 0) is 33.1 Å². The number of alkyl carbamates (subject to hydrolysis) is 1. The smallest absolute Gasteiger partial charge is 0.407 e. The number of rotatable bonds is 7. The maximum Gasteiger partial charge on any atom is 0.407 e. The molecule has 0 aromatic carbocycles. The highest BCUT2D eigenvalue weighted by Gasteiger charge is 2.25. The Kier molecular flexibility index (Phi) is 7.65. The van der Waals surface area contributed by atoms with Gasteiger partial charge in [0, 0.05) is 17.3 Å². The minimum Gasteiger partial charge on any atom is -0.444 e. The SMILES string of the molecule is CC(C)C[C@H](NC(=O)OC(C)(C)C)C(O)CSc1nccs1. The number of hydrogen-bond donors (Lipinski definition) is 2. The molecule has 0 spiro atoms. The number of nitrogens with one attached hydrogen (secondary N) is 1. The summed E-state index contributed by atoms with van der Waals surface area (Å²) in [6.45, 7) is 9.57. The zero-order valence-electron chi connectivity index (χ0n) is 13.8. The van der Waals surface area contributed by atoms with Gasteiger partial charge in [0.05, 0.1) is 12.1 Å². The van der Waals surface area contributed by atoms with Crippen LogP contribution in [0.15, 0.2) is 15.9 Å². The van der Waals surface area contributed by atoms with Gasteiger partial charge in [-0.15, -0.1) is 11.3 Å². The molecule has 5 nitrogen and oxygen atoms in total. The van der Waals surface area contributed by atoms with Gasteiger partial charge in [-0.25, -0.2) is 9.78 Å². The van der Waals surface area contributed by atoms with Crippen molar-refractivity contribution >= 4 is 29.2 Å². The first-order valence-electron chi connectivity index (χ1n) is 7.37. The first-order chi connectivity index (χ1) is 10.2. The van der Waals surface area contributed by atoms with E-state index in [1.165, 1.54) is 11.8 Å². The van der Waals surface area contributed by atoms with Gasteiger partial charge < -0.3 is 15.2 Å². The third-order valence-electron chi connectivity index (χ3n) is 2.68. The van der Waals surface area contributed by atoms with E-state index in [1.54, 1.807) is 17.5 Å². The van der Waals surface area contributed by atoms with Gasteiger partial charge in [0.2, 0.25) is 0 Å². The fourth-order valence-corrected chi connectivity index (χ4v) is 3.52. The summed E-state index contributed by atoms with van der Waals surface area (Å²) in [7, 11) is 0. The van der Waals surface area contributed by atoms with E-state index in [9.17, 15) is 9.90 Å². The molecule has 1 rings (SSSR count). The summed E-state index contributed by atoms with van der Waals surface area (Å²) in [6, 6.07) is -0.331. The van der Waals surface area contributed by atoms with Crippen LogP contribution in [-0.2, 0) is 4.74 Å². The molecule has 22 heavy (non-hydrogen) atoms. The lowest BCUT2D eigenvalue weighted by Crippen LogP contribution is -2.47. The first-order valence-corrected chi connectivity index (χ1v) is 9.24. The van der Waals surface area contributed by atoms with Gasteiger partial charge in [0.25, 0.3) is 0 Å². The fraction of sp³-hybridized carbons (Fsp3) is 0.733. The van der Waals surface area contributed by atoms with Crippen molar-refractivity contribution in [3.8, 4) is 0 Å². The second kappa shape index (κ2) is 8.74. The zero-order valence-corrected chi connectivity index (χ0v) is 15.5. The van der Waals surface area contributed by atoms with E-state index >= 15 is 0 Å². The van der Waals surface area contributed by atoms with E-state index in [2.05, 4.69) is 24.1 Å². The molecule has 0 aliphatic heterocycles. The molecule has 0 fully saturated rings. The molecule has 0 aliphatic carbocycles. The zero-order chi connectivity index (χ0) is 16.8. The molecule has 126 valence electrons. The van der Waals surface area contributed by atoms with E-state index in [0.29, 0.717) is 18.1 Å². The number of carbonyl (C=O) groups excluding carboxylic acids is 1. The van der Waals surface area contributed by atoms with Gasteiger partial charge in [-0.3, -0.25) is 0 Å². The van der Waals surface area contributed by atoms with Crippen LogP contribution in [-0.4, -0.2) is 39.7 Å². The number of aliphatic hydroxyl groups is 1. The van der Waals surface area contributed by atoms with Crippen molar-refractivity contribution in [1.29, 1.82) is 0 Å². The van der Waals surface area contributed by atoms with Gasteiger partial charge in [-0.2, -0.15) is 0 Å². The standard InChI is InChI=1S/C15H26N2O3S2/c1-10(2)8-11(17-13(19)20-15(3,4)5)12(18)9-22-14-16-6-7-21-14/h6-7,10-12,18H,8-9H2,1-5H3,(H,17,19)/t11-,12?/m0/s1. The molecule has 1 unspecified atom stereocenters. The lowest BCUT2D eigenvalue weighted by Gasteiger charge is -2.27. The normalized spacial score (nSPS) is 14.7. The molecule has 0 bridgehead atoms. The van der Waals surface area contributed by atoms with E-state index < -0.39 is 17.8 Å². The van der Waals surface area contributed by atoms with Crippen molar-refractivity contribution in [2.75, 3.05) is 5.75 Å². The van der Waals surface area contributed by atoms with Crippen molar-refractivity contribution in [1.82, 2.24) is 10.3 Å². The van der Waals surface area contributed by atoms with Crippen molar-refractivity contribution in [2.24, 2.45) is 5.92 Å². The van der Waals surface area contributed by atoms with Crippen LogP contribution in [0.3, 0.4) is 0 Å². The number of nitrogens with zero attached hydrogens (tertiary/aromatic N) is 1.